The Balaban J connectivity index is 2.33. The monoisotopic (exact) mass is 384 g/mol. The number of carbonyl (C=O) groups is 2. The fourth-order valence-corrected chi connectivity index (χ4v) is 2.74. The molecule has 0 saturated heterocycles. The molecule has 2 rings (SSSR count). The second-order valence-electron chi connectivity index (χ2n) is 5.86. The van der Waals surface area contributed by atoms with Crippen LogP contribution in [0.3, 0.4) is 0 Å². The van der Waals surface area contributed by atoms with Crippen LogP contribution in [0.2, 0.25) is 0 Å². The lowest BCUT2D eigenvalue weighted by Gasteiger charge is -2.30. The molecule has 7 heteroatoms. The first-order chi connectivity index (χ1) is 10.8. The summed E-state index contributed by atoms with van der Waals surface area (Å²) in [6, 6.07) is 3.19. The molecular formula is C16H18BrFN2O3. The molecule has 2 atom stereocenters. The van der Waals surface area contributed by atoms with Gasteiger partial charge in [-0.05, 0) is 46.5 Å². The highest BCUT2D eigenvalue weighted by atomic mass is 79.9. The molecule has 1 heterocycles. The van der Waals surface area contributed by atoms with Crippen LogP contribution in [0.5, 0.6) is 0 Å². The average Bonchev–Trinajstić information content (AvgIpc) is 2.46. The number of urea groups is 1. The Labute approximate surface area is 142 Å². The standard InChI is InChI=1S/C16H18BrFN2O3/c1-8(2)7-23-15(21)13-9(3)19-16(22)20-14(13)10-4-5-12(18)11(17)6-10/h4-6,8,13-14H,7H2,1-3H3,(H,20,22). The van der Waals surface area contributed by atoms with E-state index in [9.17, 15) is 14.0 Å². The number of aliphatic imine (C=N–C) groups is 1. The topological polar surface area (TPSA) is 67.8 Å². The Hall–Kier alpha value is -1.76. The Morgan fingerprint density at radius 2 is 2.17 bits per heavy atom. The van der Waals surface area contributed by atoms with Gasteiger partial charge in [0, 0.05) is 5.71 Å². The van der Waals surface area contributed by atoms with Gasteiger partial charge in [-0.3, -0.25) is 4.79 Å². The van der Waals surface area contributed by atoms with Gasteiger partial charge < -0.3 is 10.1 Å². The first-order valence-electron chi connectivity index (χ1n) is 7.27. The number of carbonyl (C=O) groups excluding carboxylic acids is 2. The minimum absolute atomic E-state index is 0.202. The van der Waals surface area contributed by atoms with Crippen molar-refractivity contribution < 1.29 is 18.7 Å². The minimum atomic E-state index is -0.733. The van der Waals surface area contributed by atoms with E-state index in [1.807, 2.05) is 13.8 Å². The lowest BCUT2D eigenvalue weighted by Crippen LogP contribution is -2.44. The van der Waals surface area contributed by atoms with Crippen molar-refractivity contribution in [1.29, 1.82) is 0 Å². The molecule has 23 heavy (non-hydrogen) atoms. The fraction of sp³-hybridized carbons (Fsp3) is 0.438. The van der Waals surface area contributed by atoms with Crippen molar-refractivity contribution in [3.63, 3.8) is 0 Å². The number of nitrogens with zero attached hydrogens (tertiary/aromatic N) is 1. The van der Waals surface area contributed by atoms with Crippen LogP contribution in [0.15, 0.2) is 27.7 Å². The Morgan fingerprint density at radius 3 is 2.78 bits per heavy atom. The summed E-state index contributed by atoms with van der Waals surface area (Å²) in [5.74, 6) is -1.40. The highest BCUT2D eigenvalue weighted by Gasteiger charge is 2.38. The molecular weight excluding hydrogens is 367 g/mol. The molecule has 1 N–H and O–H groups in total. The van der Waals surface area contributed by atoms with Crippen LogP contribution in [-0.4, -0.2) is 24.3 Å². The van der Waals surface area contributed by atoms with Gasteiger partial charge in [0.05, 0.1) is 17.1 Å². The van der Waals surface area contributed by atoms with Crippen LogP contribution >= 0.6 is 15.9 Å². The highest BCUT2D eigenvalue weighted by Crippen LogP contribution is 2.30. The summed E-state index contributed by atoms with van der Waals surface area (Å²) in [4.78, 5) is 27.9. The van der Waals surface area contributed by atoms with Crippen LogP contribution in [0.1, 0.15) is 32.4 Å². The SMILES string of the molecule is CC1=NC(=O)NC(c2ccc(F)c(Br)c2)C1C(=O)OCC(C)C. The van der Waals surface area contributed by atoms with E-state index < -0.39 is 29.8 Å². The fourth-order valence-electron chi connectivity index (χ4n) is 2.35. The molecule has 1 aliphatic rings. The zero-order valence-electron chi connectivity index (χ0n) is 13.1. The van der Waals surface area contributed by atoms with Crippen molar-refractivity contribution in [2.45, 2.75) is 26.8 Å². The van der Waals surface area contributed by atoms with Crippen molar-refractivity contribution in [2.24, 2.45) is 16.8 Å². The summed E-state index contributed by atoms with van der Waals surface area (Å²) < 4.78 is 19.0. The van der Waals surface area contributed by atoms with E-state index in [4.69, 9.17) is 4.74 Å². The van der Waals surface area contributed by atoms with Crippen molar-refractivity contribution in [2.75, 3.05) is 6.61 Å². The van der Waals surface area contributed by atoms with Crippen LogP contribution in [0.4, 0.5) is 9.18 Å². The van der Waals surface area contributed by atoms with Gasteiger partial charge in [-0.25, -0.2) is 14.2 Å². The quantitative estimate of drug-likeness (QED) is 0.805. The maximum Gasteiger partial charge on any atom is 0.341 e. The third-order valence-corrected chi connectivity index (χ3v) is 4.06. The van der Waals surface area contributed by atoms with Gasteiger partial charge in [0.15, 0.2) is 0 Å². The summed E-state index contributed by atoms with van der Waals surface area (Å²) in [6.07, 6.45) is 0. The van der Waals surface area contributed by atoms with Crippen LogP contribution in [0, 0.1) is 17.7 Å². The molecule has 0 fully saturated rings. The maximum atomic E-state index is 13.4. The normalized spacial score (nSPS) is 21.0. The molecule has 1 aliphatic heterocycles. The first kappa shape index (κ1) is 17.6. The zero-order chi connectivity index (χ0) is 17.1. The summed E-state index contributed by atoms with van der Waals surface area (Å²) in [5.41, 5.74) is 0.986. The van der Waals surface area contributed by atoms with Crippen LogP contribution < -0.4 is 5.32 Å². The van der Waals surface area contributed by atoms with Crippen molar-refractivity contribution in [1.82, 2.24) is 5.32 Å². The molecule has 2 amide bonds. The highest BCUT2D eigenvalue weighted by molar-refractivity contribution is 9.10. The summed E-state index contributed by atoms with van der Waals surface area (Å²) in [7, 11) is 0. The summed E-state index contributed by atoms with van der Waals surface area (Å²) >= 11 is 3.12. The number of amides is 2. The van der Waals surface area contributed by atoms with E-state index in [-0.39, 0.29) is 17.0 Å². The minimum Gasteiger partial charge on any atom is -0.465 e. The van der Waals surface area contributed by atoms with Gasteiger partial charge in [0.1, 0.15) is 11.7 Å². The molecule has 2 unspecified atom stereocenters. The van der Waals surface area contributed by atoms with Gasteiger partial charge in [-0.2, -0.15) is 0 Å². The van der Waals surface area contributed by atoms with Gasteiger partial charge in [0.25, 0.3) is 0 Å². The zero-order valence-corrected chi connectivity index (χ0v) is 14.7. The lowest BCUT2D eigenvalue weighted by atomic mass is 9.88. The third-order valence-electron chi connectivity index (χ3n) is 3.46. The number of nitrogens with one attached hydrogen (secondary N) is 1. The number of halogens is 2. The number of rotatable bonds is 4. The van der Waals surface area contributed by atoms with Gasteiger partial charge in [-0.1, -0.05) is 19.9 Å². The number of hydrogen-bond acceptors (Lipinski definition) is 3. The largest absolute Gasteiger partial charge is 0.465 e. The summed E-state index contributed by atoms with van der Waals surface area (Å²) in [5, 5.41) is 2.66. The van der Waals surface area contributed by atoms with Crippen LogP contribution in [0.25, 0.3) is 0 Å². The second kappa shape index (κ2) is 7.21. The summed E-state index contributed by atoms with van der Waals surface area (Å²) in [6.45, 7) is 5.78. The first-order valence-corrected chi connectivity index (χ1v) is 8.06. The second-order valence-corrected chi connectivity index (χ2v) is 6.71. The molecule has 0 spiro atoms. The molecule has 0 bridgehead atoms. The van der Waals surface area contributed by atoms with E-state index in [0.717, 1.165) is 0 Å². The predicted octanol–water partition coefficient (Wildman–Crippen LogP) is 3.63. The van der Waals surface area contributed by atoms with E-state index in [1.54, 1.807) is 13.0 Å². The molecule has 0 aromatic heterocycles. The number of benzene rings is 1. The molecule has 124 valence electrons. The molecule has 0 saturated carbocycles. The van der Waals surface area contributed by atoms with E-state index in [0.29, 0.717) is 11.3 Å². The number of hydrogen-bond donors (Lipinski definition) is 1. The average molecular weight is 385 g/mol. The van der Waals surface area contributed by atoms with E-state index in [1.165, 1.54) is 12.1 Å². The van der Waals surface area contributed by atoms with Gasteiger partial charge in [0.2, 0.25) is 0 Å². The van der Waals surface area contributed by atoms with Crippen molar-refractivity contribution >= 4 is 33.6 Å². The Kier molecular flexibility index (Phi) is 5.51. The molecule has 0 aliphatic carbocycles. The molecule has 1 aromatic carbocycles. The van der Waals surface area contributed by atoms with Crippen LogP contribution in [-0.2, 0) is 9.53 Å². The maximum absolute atomic E-state index is 13.4. The van der Waals surface area contributed by atoms with Crippen molar-refractivity contribution in [3.8, 4) is 0 Å². The number of esters is 1. The Bertz CT molecular complexity index is 661. The molecule has 1 aromatic rings. The smallest absolute Gasteiger partial charge is 0.341 e. The molecule has 0 radical (unpaired) electrons. The van der Waals surface area contributed by atoms with E-state index in [2.05, 4.69) is 26.2 Å². The van der Waals surface area contributed by atoms with E-state index >= 15 is 0 Å². The Morgan fingerprint density at radius 1 is 1.48 bits per heavy atom. The predicted molar refractivity (Wildman–Crippen MR) is 87.8 cm³/mol. The third kappa shape index (κ3) is 4.16. The van der Waals surface area contributed by atoms with Crippen molar-refractivity contribution in [3.05, 3.63) is 34.1 Å². The van der Waals surface area contributed by atoms with Gasteiger partial charge in [-0.15, -0.1) is 0 Å². The molecule has 5 nitrogen and oxygen atoms in total. The lowest BCUT2D eigenvalue weighted by molar-refractivity contribution is -0.148. The number of ether oxygens (including phenoxy) is 1. The van der Waals surface area contributed by atoms with Gasteiger partial charge >= 0.3 is 12.0 Å².